The lowest BCUT2D eigenvalue weighted by Crippen LogP contribution is -2.61. The van der Waals surface area contributed by atoms with E-state index < -0.39 is 66.3 Å². The fourth-order valence-electron chi connectivity index (χ4n) is 3.06. The molecule has 0 amide bonds. The minimum Gasteiger partial charge on any atom is -0.504 e. The zero-order valence-corrected chi connectivity index (χ0v) is 16.8. The zero-order valence-electron chi connectivity index (χ0n) is 16.8. The number of ether oxygens (including phenoxy) is 3. The van der Waals surface area contributed by atoms with E-state index in [4.69, 9.17) is 14.2 Å². The van der Waals surface area contributed by atoms with Gasteiger partial charge in [0.1, 0.15) is 18.0 Å². The number of aliphatic hydroxyl groups is 3. The average Bonchev–Trinajstić information content (AvgIpc) is 2.77. The zero-order chi connectivity index (χ0) is 24.3. The van der Waals surface area contributed by atoms with Gasteiger partial charge >= 0.3 is 5.97 Å². The number of aliphatic hydroxyl groups excluding tert-OH is 3. The Labute approximate surface area is 186 Å². The monoisotopic (exact) mass is 466 g/mol. The molecule has 1 aliphatic rings. The predicted molar refractivity (Wildman–Crippen MR) is 109 cm³/mol. The fourth-order valence-corrected chi connectivity index (χ4v) is 3.06. The summed E-state index contributed by atoms with van der Waals surface area (Å²) in [5, 5.41) is 77.8. The van der Waals surface area contributed by atoms with Gasteiger partial charge < -0.3 is 55.1 Å². The lowest BCUT2D eigenvalue weighted by atomic mass is 9.99. The third-order valence-electron chi connectivity index (χ3n) is 4.78. The van der Waals surface area contributed by atoms with Crippen LogP contribution in [0.5, 0.6) is 34.5 Å². The van der Waals surface area contributed by atoms with Gasteiger partial charge in [0.15, 0.2) is 35.2 Å². The maximum atomic E-state index is 12.2. The summed E-state index contributed by atoms with van der Waals surface area (Å²) >= 11 is 0. The van der Waals surface area contributed by atoms with Crippen molar-refractivity contribution in [2.24, 2.45) is 0 Å². The van der Waals surface area contributed by atoms with Gasteiger partial charge in [0.2, 0.25) is 12.0 Å². The number of rotatable bonds is 6. The Morgan fingerprint density at radius 1 is 0.939 bits per heavy atom. The molecule has 0 unspecified atom stereocenters. The molecule has 3 rings (SSSR count). The Morgan fingerprint density at radius 2 is 1.61 bits per heavy atom. The molecular formula is C21H22O12. The van der Waals surface area contributed by atoms with Crippen molar-refractivity contribution >= 4 is 12.0 Å². The van der Waals surface area contributed by atoms with Crippen molar-refractivity contribution in [2.45, 2.75) is 30.7 Å². The van der Waals surface area contributed by atoms with Crippen LogP contribution in [0.25, 0.3) is 6.08 Å². The number of aromatic hydroxyl groups is 5. The topological polar surface area (TPSA) is 207 Å². The Balaban J connectivity index is 1.74. The normalized spacial score (nSPS) is 25.1. The van der Waals surface area contributed by atoms with Crippen LogP contribution in [0.2, 0.25) is 0 Å². The molecule has 0 aliphatic carbocycles. The first-order valence-electron chi connectivity index (χ1n) is 9.55. The number of benzene rings is 2. The van der Waals surface area contributed by atoms with Crippen LogP contribution in [-0.2, 0) is 14.3 Å². The molecule has 2 aromatic carbocycles. The molecular weight excluding hydrogens is 444 g/mol. The molecule has 5 atom stereocenters. The van der Waals surface area contributed by atoms with Gasteiger partial charge in [-0.1, -0.05) is 6.07 Å². The second-order valence-electron chi connectivity index (χ2n) is 7.12. The molecule has 1 heterocycles. The second-order valence-corrected chi connectivity index (χ2v) is 7.12. The molecule has 0 radical (unpaired) electrons. The summed E-state index contributed by atoms with van der Waals surface area (Å²) in [4.78, 5) is 12.2. The molecule has 12 heteroatoms. The lowest BCUT2D eigenvalue weighted by Gasteiger charge is -2.41. The highest BCUT2D eigenvalue weighted by Gasteiger charge is 2.47. The highest BCUT2D eigenvalue weighted by molar-refractivity contribution is 5.87. The summed E-state index contributed by atoms with van der Waals surface area (Å²) in [5.41, 5.74) is 0.351. The molecule has 178 valence electrons. The molecule has 1 aliphatic heterocycles. The SMILES string of the molecule is O=C(/C=C/c1ccc(O)c(O)c1)O[C@@H]1O[C@H](CO)[C@@H](O)[C@H](Oc2cc(O)c(O)c(O)c2)[C@H]1O. The van der Waals surface area contributed by atoms with Crippen molar-refractivity contribution in [1.29, 1.82) is 0 Å². The Hall–Kier alpha value is -3.71. The van der Waals surface area contributed by atoms with Gasteiger partial charge in [0.05, 0.1) is 6.61 Å². The quantitative estimate of drug-likeness (QED) is 0.156. The number of esters is 1. The van der Waals surface area contributed by atoms with E-state index in [1.165, 1.54) is 24.3 Å². The van der Waals surface area contributed by atoms with Gasteiger partial charge in [-0.25, -0.2) is 4.79 Å². The summed E-state index contributed by atoms with van der Waals surface area (Å²) in [6.45, 7) is -0.726. The van der Waals surface area contributed by atoms with Crippen molar-refractivity contribution in [3.8, 4) is 34.5 Å². The minimum atomic E-state index is -1.77. The van der Waals surface area contributed by atoms with Crippen LogP contribution in [0, 0.1) is 0 Å². The summed E-state index contributed by atoms with van der Waals surface area (Å²) in [6, 6.07) is 5.64. The number of hydrogen-bond acceptors (Lipinski definition) is 12. The van der Waals surface area contributed by atoms with Crippen LogP contribution >= 0.6 is 0 Å². The minimum absolute atomic E-state index is 0.249. The molecule has 0 aromatic heterocycles. The third-order valence-corrected chi connectivity index (χ3v) is 4.78. The largest absolute Gasteiger partial charge is 0.504 e. The van der Waals surface area contributed by atoms with Crippen LogP contribution in [-0.4, -0.2) is 84.1 Å². The highest BCUT2D eigenvalue weighted by atomic mass is 16.7. The first-order chi connectivity index (χ1) is 15.6. The van der Waals surface area contributed by atoms with Gasteiger partial charge in [0.25, 0.3) is 0 Å². The van der Waals surface area contributed by atoms with Gasteiger partial charge in [-0.15, -0.1) is 0 Å². The fraction of sp³-hybridized carbons (Fsp3) is 0.286. The van der Waals surface area contributed by atoms with E-state index in [0.717, 1.165) is 18.2 Å². The van der Waals surface area contributed by atoms with Crippen molar-refractivity contribution in [3.63, 3.8) is 0 Å². The molecule has 1 fully saturated rings. The summed E-state index contributed by atoms with van der Waals surface area (Å²) < 4.78 is 15.7. The number of phenolic OH excluding ortho intramolecular Hbond substituents is 5. The molecule has 0 saturated carbocycles. The molecule has 12 nitrogen and oxygen atoms in total. The second kappa shape index (κ2) is 9.83. The summed E-state index contributed by atoms with van der Waals surface area (Å²) in [5.74, 6) is -4.24. The standard InChI is InChI=1S/C21H22O12/c22-8-15-18(29)20(31-10-6-13(25)17(28)14(26)7-10)19(30)21(32-15)33-16(27)4-2-9-1-3-11(23)12(24)5-9/h1-7,15,18-26,28-30H,8H2/b4-2+/t15-,18-,19-,20+,21+/m1/s1. The number of carbonyl (C=O) groups excluding carboxylic acids is 1. The molecule has 1 saturated heterocycles. The highest BCUT2D eigenvalue weighted by Crippen LogP contribution is 2.39. The summed E-state index contributed by atoms with van der Waals surface area (Å²) in [7, 11) is 0. The van der Waals surface area contributed by atoms with Gasteiger partial charge in [-0.2, -0.15) is 0 Å². The molecule has 2 aromatic rings. The Morgan fingerprint density at radius 3 is 2.21 bits per heavy atom. The first kappa shape index (κ1) is 23.9. The Kier molecular flexibility index (Phi) is 7.13. The van der Waals surface area contributed by atoms with Gasteiger partial charge in [0, 0.05) is 18.2 Å². The van der Waals surface area contributed by atoms with Crippen LogP contribution < -0.4 is 4.74 Å². The summed E-state index contributed by atoms with van der Waals surface area (Å²) in [6.07, 6.45) is -5.70. The van der Waals surface area contributed by atoms with Crippen molar-refractivity contribution < 1.29 is 59.9 Å². The first-order valence-corrected chi connectivity index (χ1v) is 9.55. The van der Waals surface area contributed by atoms with Gasteiger partial charge in [-0.3, -0.25) is 0 Å². The lowest BCUT2D eigenvalue weighted by molar-refractivity contribution is -0.286. The van der Waals surface area contributed by atoms with E-state index in [0.29, 0.717) is 5.56 Å². The third kappa shape index (κ3) is 5.38. The van der Waals surface area contributed by atoms with E-state index in [9.17, 15) is 45.6 Å². The van der Waals surface area contributed by atoms with Crippen LogP contribution in [0.4, 0.5) is 0 Å². The molecule has 33 heavy (non-hydrogen) atoms. The predicted octanol–water partition coefficient (Wildman–Crippen LogP) is -0.342. The Bertz CT molecular complexity index is 1010. The van der Waals surface area contributed by atoms with E-state index in [1.54, 1.807) is 0 Å². The molecule has 0 bridgehead atoms. The number of hydrogen-bond donors (Lipinski definition) is 8. The van der Waals surface area contributed by atoms with Crippen molar-refractivity contribution in [1.82, 2.24) is 0 Å². The van der Waals surface area contributed by atoms with Crippen molar-refractivity contribution in [3.05, 3.63) is 42.0 Å². The maximum Gasteiger partial charge on any atom is 0.333 e. The van der Waals surface area contributed by atoms with Gasteiger partial charge in [-0.05, 0) is 23.8 Å². The average molecular weight is 466 g/mol. The van der Waals surface area contributed by atoms with E-state index in [1.807, 2.05) is 0 Å². The van der Waals surface area contributed by atoms with Crippen LogP contribution in [0.1, 0.15) is 5.56 Å². The smallest absolute Gasteiger partial charge is 0.333 e. The van der Waals surface area contributed by atoms with E-state index >= 15 is 0 Å². The maximum absolute atomic E-state index is 12.2. The molecule has 8 N–H and O–H groups in total. The van der Waals surface area contributed by atoms with Crippen LogP contribution in [0.3, 0.4) is 0 Å². The van der Waals surface area contributed by atoms with E-state index in [-0.39, 0.29) is 11.5 Å². The van der Waals surface area contributed by atoms with E-state index in [2.05, 4.69) is 0 Å². The number of carbonyl (C=O) groups is 1. The number of phenols is 5. The molecule has 0 spiro atoms. The van der Waals surface area contributed by atoms with Crippen LogP contribution in [0.15, 0.2) is 36.4 Å². The van der Waals surface area contributed by atoms with Crippen molar-refractivity contribution in [2.75, 3.05) is 6.61 Å².